The van der Waals surface area contributed by atoms with Crippen LogP contribution in [0.15, 0.2) is 30.7 Å². The van der Waals surface area contributed by atoms with Gasteiger partial charge in [0.1, 0.15) is 12.4 Å². The molecule has 2 aromatic rings. The van der Waals surface area contributed by atoms with Gasteiger partial charge in [-0.15, -0.1) is 0 Å². The molecule has 2 rings (SSSR count). The Labute approximate surface area is 176 Å². The van der Waals surface area contributed by atoms with Crippen LogP contribution in [0.4, 0.5) is 5.69 Å². The predicted octanol–water partition coefficient (Wildman–Crippen LogP) is 4.67. The third-order valence-corrected chi connectivity index (χ3v) is 6.18. The third-order valence-electron chi connectivity index (χ3n) is 4.47. The van der Waals surface area contributed by atoms with Gasteiger partial charge >= 0.3 is 0 Å². The predicted molar refractivity (Wildman–Crippen MR) is 124 cm³/mol. The lowest BCUT2D eigenvalue weighted by atomic mass is 10.1. The summed E-state index contributed by atoms with van der Waals surface area (Å²) in [5.41, 5.74) is 2.35. The maximum atomic E-state index is 12.9. The standard InChI is InChI=1S/C22H36N4O2Si/c1-17(2)14-24-19-8-10-23-22-21(19)18(20(27)9-11-25(3)4)15-26(22)16-28-12-13-29(5,6)7/h8-11,15,17H,12-14,16H2,1-7H3,(H,23,24)/b11-9+. The molecule has 2 heterocycles. The summed E-state index contributed by atoms with van der Waals surface area (Å²) in [6.45, 7) is 13.3. The lowest BCUT2D eigenvalue weighted by Crippen LogP contribution is -2.22. The molecule has 0 aliphatic carbocycles. The summed E-state index contributed by atoms with van der Waals surface area (Å²) in [7, 11) is 2.66. The minimum Gasteiger partial charge on any atom is -0.384 e. The van der Waals surface area contributed by atoms with Crippen molar-refractivity contribution in [3.63, 3.8) is 0 Å². The number of anilines is 1. The fourth-order valence-corrected chi connectivity index (χ4v) is 3.57. The number of hydrogen-bond donors (Lipinski definition) is 1. The van der Waals surface area contributed by atoms with Crippen LogP contribution in [0.5, 0.6) is 0 Å². The normalized spacial score (nSPS) is 12.3. The van der Waals surface area contributed by atoms with Gasteiger partial charge in [-0.3, -0.25) is 4.79 Å². The SMILES string of the molecule is CC(C)CNc1ccnc2c1c(C(=O)/C=C/N(C)C)cn2COCC[Si](C)(C)C. The fraction of sp³-hybridized carbons (Fsp3) is 0.545. The summed E-state index contributed by atoms with van der Waals surface area (Å²) in [5, 5.41) is 4.33. The van der Waals surface area contributed by atoms with E-state index in [1.807, 2.05) is 35.8 Å². The Bertz CT molecular complexity index is 850. The molecule has 29 heavy (non-hydrogen) atoms. The smallest absolute Gasteiger partial charge is 0.189 e. The highest BCUT2D eigenvalue weighted by atomic mass is 28.3. The van der Waals surface area contributed by atoms with Crippen molar-refractivity contribution in [2.45, 2.75) is 46.3 Å². The van der Waals surface area contributed by atoms with E-state index in [1.54, 1.807) is 18.5 Å². The average Bonchev–Trinajstić information content (AvgIpc) is 3.00. The van der Waals surface area contributed by atoms with E-state index >= 15 is 0 Å². The molecule has 160 valence electrons. The molecule has 0 bridgehead atoms. The summed E-state index contributed by atoms with van der Waals surface area (Å²) < 4.78 is 7.87. The van der Waals surface area contributed by atoms with E-state index in [9.17, 15) is 4.79 Å². The first-order valence-corrected chi connectivity index (χ1v) is 14.0. The van der Waals surface area contributed by atoms with E-state index in [0.717, 1.165) is 35.9 Å². The highest BCUT2D eigenvalue weighted by Gasteiger charge is 2.18. The first-order chi connectivity index (χ1) is 13.6. The van der Waals surface area contributed by atoms with Gasteiger partial charge in [-0.25, -0.2) is 4.98 Å². The van der Waals surface area contributed by atoms with E-state index in [2.05, 4.69) is 43.8 Å². The van der Waals surface area contributed by atoms with Crippen LogP contribution in [0.2, 0.25) is 25.7 Å². The Kier molecular flexibility index (Phi) is 8.04. The van der Waals surface area contributed by atoms with E-state index in [-0.39, 0.29) is 5.78 Å². The van der Waals surface area contributed by atoms with E-state index in [1.165, 1.54) is 0 Å². The van der Waals surface area contributed by atoms with Crippen LogP contribution in [0.3, 0.4) is 0 Å². The molecule has 0 spiro atoms. The third kappa shape index (κ3) is 7.01. The molecule has 0 atom stereocenters. The van der Waals surface area contributed by atoms with Crippen molar-refractivity contribution in [1.29, 1.82) is 0 Å². The summed E-state index contributed by atoms with van der Waals surface area (Å²) in [6.07, 6.45) is 7.03. The van der Waals surface area contributed by atoms with Gasteiger partial charge in [0.15, 0.2) is 5.78 Å². The van der Waals surface area contributed by atoms with E-state index < -0.39 is 8.07 Å². The van der Waals surface area contributed by atoms with Gasteiger partial charge in [0.05, 0.1) is 10.9 Å². The van der Waals surface area contributed by atoms with Crippen molar-refractivity contribution in [1.82, 2.24) is 14.5 Å². The van der Waals surface area contributed by atoms with Gasteiger partial charge in [0.2, 0.25) is 0 Å². The maximum Gasteiger partial charge on any atom is 0.189 e. The largest absolute Gasteiger partial charge is 0.384 e. The fourth-order valence-electron chi connectivity index (χ4n) is 2.81. The molecular formula is C22H36N4O2Si. The van der Waals surface area contributed by atoms with Crippen molar-refractivity contribution in [3.8, 4) is 0 Å². The molecule has 6 nitrogen and oxygen atoms in total. The van der Waals surface area contributed by atoms with Crippen molar-refractivity contribution in [3.05, 3.63) is 36.3 Å². The zero-order chi connectivity index (χ0) is 21.6. The first-order valence-electron chi connectivity index (χ1n) is 10.3. The number of carbonyl (C=O) groups excluding carboxylic acids is 1. The van der Waals surface area contributed by atoms with Gasteiger partial charge in [-0.2, -0.15) is 0 Å². The number of hydrogen-bond acceptors (Lipinski definition) is 5. The molecule has 0 aliphatic heterocycles. The number of nitrogens with zero attached hydrogens (tertiary/aromatic N) is 3. The van der Waals surface area contributed by atoms with Gasteiger partial charge in [-0.1, -0.05) is 33.5 Å². The lowest BCUT2D eigenvalue weighted by molar-refractivity contribution is 0.0896. The quantitative estimate of drug-likeness (QED) is 0.250. The number of allylic oxidation sites excluding steroid dienone is 1. The molecule has 0 radical (unpaired) electrons. The van der Waals surface area contributed by atoms with Crippen LogP contribution in [0.25, 0.3) is 11.0 Å². The molecule has 1 N–H and O–H groups in total. The van der Waals surface area contributed by atoms with E-state index in [4.69, 9.17) is 4.74 Å². The maximum absolute atomic E-state index is 12.9. The number of fused-ring (bicyclic) bond motifs is 1. The lowest BCUT2D eigenvalue weighted by Gasteiger charge is -2.15. The Balaban J connectivity index is 2.36. The second-order valence-electron chi connectivity index (χ2n) is 9.34. The first kappa shape index (κ1) is 23.2. The molecule has 7 heteroatoms. The Morgan fingerprint density at radius 2 is 2.07 bits per heavy atom. The number of rotatable bonds is 11. The van der Waals surface area contributed by atoms with Crippen LogP contribution < -0.4 is 5.32 Å². The van der Waals surface area contributed by atoms with Crippen molar-refractivity contribution in [2.24, 2.45) is 5.92 Å². The number of ketones is 1. The van der Waals surface area contributed by atoms with Gasteiger partial charge in [0, 0.05) is 65.7 Å². The van der Waals surface area contributed by atoms with Gasteiger partial charge in [-0.05, 0) is 18.0 Å². The second kappa shape index (κ2) is 10.1. The summed E-state index contributed by atoms with van der Waals surface area (Å²) in [6, 6.07) is 3.05. The number of aromatic nitrogens is 2. The second-order valence-corrected chi connectivity index (χ2v) is 15.0. The Morgan fingerprint density at radius 3 is 2.69 bits per heavy atom. The molecule has 0 saturated carbocycles. The van der Waals surface area contributed by atoms with Gasteiger partial charge < -0.3 is 19.5 Å². The van der Waals surface area contributed by atoms with Crippen LogP contribution in [0, 0.1) is 5.92 Å². The molecular weight excluding hydrogens is 380 g/mol. The van der Waals surface area contributed by atoms with Crippen molar-refractivity contribution in [2.75, 3.05) is 32.6 Å². The monoisotopic (exact) mass is 416 g/mol. The van der Waals surface area contributed by atoms with Crippen LogP contribution >= 0.6 is 0 Å². The zero-order valence-corrected chi connectivity index (χ0v) is 20.0. The minimum atomic E-state index is -1.14. The average molecular weight is 417 g/mol. The molecule has 0 aromatic carbocycles. The highest BCUT2D eigenvalue weighted by Crippen LogP contribution is 2.28. The summed E-state index contributed by atoms with van der Waals surface area (Å²) in [5.74, 6) is 0.461. The number of pyridine rings is 1. The molecule has 0 amide bonds. The molecule has 0 saturated heterocycles. The number of carbonyl (C=O) groups is 1. The molecule has 0 unspecified atom stereocenters. The van der Waals surface area contributed by atoms with Crippen LogP contribution in [0.1, 0.15) is 24.2 Å². The summed E-state index contributed by atoms with van der Waals surface area (Å²) >= 11 is 0. The molecule has 0 fully saturated rings. The van der Waals surface area contributed by atoms with Crippen LogP contribution in [-0.4, -0.2) is 55.6 Å². The topological polar surface area (TPSA) is 59.4 Å². The number of ether oxygens (including phenoxy) is 1. The number of nitrogens with one attached hydrogen (secondary N) is 1. The zero-order valence-electron chi connectivity index (χ0n) is 19.0. The van der Waals surface area contributed by atoms with Gasteiger partial charge in [0.25, 0.3) is 0 Å². The van der Waals surface area contributed by atoms with Crippen LogP contribution in [-0.2, 0) is 11.5 Å². The van der Waals surface area contributed by atoms with Crippen molar-refractivity contribution >= 4 is 30.6 Å². The molecule has 0 aliphatic rings. The summed E-state index contributed by atoms with van der Waals surface area (Å²) in [4.78, 5) is 19.3. The van der Waals surface area contributed by atoms with E-state index in [0.29, 0.717) is 18.2 Å². The Morgan fingerprint density at radius 1 is 1.34 bits per heavy atom. The van der Waals surface area contributed by atoms with Crippen molar-refractivity contribution < 1.29 is 9.53 Å². The molecule has 2 aromatic heterocycles. The Hall–Kier alpha value is -2.12. The minimum absolute atomic E-state index is 0.0369. The highest BCUT2D eigenvalue weighted by molar-refractivity contribution is 6.76.